The summed E-state index contributed by atoms with van der Waals surface area (Å²) in [6, 6.07) is 9.65. The summed E-state index contributed by atoms with van der Waals surface area (Å²) in [7, 11) is 0. The molecule has 0 radical (unpaired) electrons. The molecule has 2 fully saturated rings. The molecule has 1 nitrogen and oxygen atoms in total. The van der Waals surface area contributed by atoms with Crippen LogP contribution in [0.4, 0.5) is 0 Å². The van der Waals surface area contributed by atoms with Gasteiger partial charge in [-0.05, 0) is 67.9 Å². The molecule has 2 atom stereocenters. The molecular weight excluding hydrogens is 280 g/mol. The Morgan fingerprint density at radius 1 is 0.957 bits per heavy atom. The highest BCUT2D eigenvalue weighted by Crippen LogP contribution is 2.40. The van der Waals surface area contributed by atoms with Crippen LogP contribution in [0.2, 0.25) is 0 Å². The number of hydrogen-bond acceptors (Lipinski definition) is 1. The van der Waals surface area contributed by atoms with Gasteiger partial charge in [0.25, 0.3) is 0 Å². The molecule has 0 N–H and O–H groups in total. The second-order valence-corrected chi connectivity index (χ2v) is 7.55. The molecule has 2 aliphatic carbocycles. The van der Waals surface area contributed by atoms with Crippen molar-refractivity contribution >= 4 is 0 Å². The fourth-order valence-electron chi connectivity index (χ4n) is 4.66. The van der Waals surface area contributed by atoms with Crippen molar-refractivity contribution < 1.29 is 4.74 Å². The van der Waals surface area contributed by atoms with Crippen LogP contribution in [-0.4, -0.2) is 6.61 Å². The third-order valence-corrected chi connectivity index (χ3v) is 5.88. The molecule has 1 aromatic carbocycles. The average Bonchev–Trinajstić information content (AvgIpc) is 3.10. The number of hydrogen-bond donors (Lipinski definition) is 0. The highest BCUT2D eigenvalue weighted by Gasteiger charge is 2.24. The average molecular weight is 312 g/mol. The molecule has 2 saturated carbocycles. The Morgan fingerprint density at radius 2 is 1.57 bits per heavy atom. The predicted molar refractivity (Wildman–Crippen MR) is 97.7 cm³/mol. The molecule has 1 aromatic rings. The standard InChI is InChI=1S/C22H32O/c1-3-23-17(2)15-18-7-6-10-22(16-18)21-13-11-20(12-14-21)19-8-4-5-9-19/h11-14,18-19,22H,2-10,15-16H2,1H3. The molecule has 3 rings (SSSR count). The van der Waals surface area contributed by atoms with Gasteiger partial charge >= 0.3 is 0 Å². The molecular formula is C22H32O. The van der Waals surface area contributed by atoms with E-state index in [-0.39, 0.29) is 0 Å². The molecule has 0 amide bonds. The quantitative estimate of drug-likeness (QED) is 0.540. The molecule has 0 aromatic heterocycles. The van der Waals surface area contributed by atoms with Crippen LogP contribution in [-0.2, 0) is 4.74 Å². The minimum Gasteiger partial charge on any atom is -0.499 e. The van der Waals surface area contributed by atoms with E-state index in [0.717, 1.165) is 36.5 Å². The van der Waals surface area contributed by atoms with Crippen LogP contribution in [0.3, 0.4) is 0 Å². The van der Waals surface area contributed by atoms with Gasteiger partial charge in [-0.15, -0.1) is 0 Å². The monoisotopic (exact) mass is 312 g/mol. The molecule has 1 heteroatoms. The van der Waals surface area contributed by atoms with Crippen molar-refractivity contribution in [3.8, 4) is 0 Å². The Balaban J connectivity index is 1.58. The minimum atomic E-state index is 0.737. The number of ether oxygens (including phenoxy) is 1. The lowest BCUT2D eigenvalue weighted by Crippen LogP contribution is -2.15. The lowest BCUT2D eigenvalue weighted by Gasteiger charge is -2.30. The second kappa shape index (κ2) is 8.04. The molecule has 0 bridgehead atoms. The lowest BCUT2D eigenvalue weighted by atomic mass is 9.76. The molecule has 23 heavy (non-hydrogen) atoms. The molecule has 0 spiro atoms. The summed E-state index contributed by atoms with van der Waals surface area (Å²) in [5.74, 6) is 3.30. The van der Waals surface area contributed by atoms with Gasteiger partial charge in [-0.25, -0.2) is 0 Å². The number of rotatable bonds is 6. The van der Waals surface area contributed by atoms with Crippen molar-refractivity contribution in [2.24, 2.45) is 5.92 Å². The van der Waals surface area contributed by atoms with Crippen LogP contribution in [0.5, 0.6) is 0 Å². The summed E-state index contributed by atoms with van der Waals surface area (Å²) in [6.07, 6.45) is 12.0. The Hall–Kier alpha value is -1.24. The molecule has 0 heterocycles. The molecule has 2 aliphatic rings. The van der Waals surface area contributed by atoms with Crippen molar-refractivity contribution in [3.05, 3.63) is 47.7 Å². The van der Waals surface area contributed by atoms with Gasteiger partial charge in [-0.3, -0.25) is 0 Å². The highest BCUT2D eigenvalue weighted by molar-refractivity contribution is 5.28. The summed E-state index contributed by atoms with van der Waals surface area (Å²) in [5, 5.41) is 0. The van der Waals surface area contributed by atoms with Crippen LogP contribution in [0, 0.1) is 5.92 Å². The first-order valence-electron chi connectivity index (χ1n) is 9.66. The van der Waals surface area contributed by atoms with Crippen LogP contribution >= 0.6 is 0 Å². The summed E-state index contributed by atoms with van der Waals surface area (Å²) >= 11 is 0. The third-order valence-electron chi connectivity index (χ3n) is 5.88. The topological polar surface area (TPSA) is 9.23 Å². The second-order valence-electron chi connectivity index (χ2n) is 7.55. The fraction of sp³-hybridized carbons (Fsp3) is 0.636. The van der Waals surface area contributed by atoms with Crippen molar-refractivity contribution in [2.75, 3.05) is 6.61 Å². The minimum absolute atomic E-state index is 0.737. The van der Waals surface area contributed by atoms with Gasteiger partial charge in [0.1, 0.15) is 0 Å². The largest absolute Gasteiger partial charge is 0.499 e. The molecule has 2 unspecified atom stereocenters. The maximum atomic E-state index is 5.56. The van der Waals surface area contributed by atoms with E-state index in [4.69, 9.17) is 4.74 Å². The first kappa shape index (κ1) is 16.6. The molecule has 0 aliphatic heterocycles. The number of benzene rings is 1. The highest BCUT2D eigenvalue weighted by atomic mass is 16.5. The summed E-state index contributed by atoms with van der Waals surface area (Å²) in [6.45, 7) is 6.86. The van der Waals surface area contributed by atoms with E-state index >= 15 is 0 Å². The van der Waals surface area contributed by atoms with Gasteiger partial charge in [-0.1, -0.05) is 50.1 Å². The van der Waals surface area contributed by atoms with Crippen molar-refractivity contribution in [2.45, 2.75) is 76.5 Å². The first-order valence-corrected chi connectivity index (χ1v) is 9.66. The van der Waals surface area contributed by atoms with Crippen LogP contribution in [0.1, 0.15) is 87.7 Å². The Morgan fingerprint density at radius 3 is 2.22 bits per heavy atom. The summed E-state index contributed by atoms with van der Waals surface area (Å²) < 4.78 is 5.56. The van der Waals surface area contributed by atoms with Gasteiger partial charge in [-0.2, -0.15) is 0 Å². The SMILES string of the molecule is C=C(CC1CCCC(c2ccc(C3CCCC3)cc2)C1)OCC. The van der Waals surface area contributed by atoms with Gasteiger partial charge in [0.2, 0.25) is 0 Å². The zero-order valence-corrected chi connectivity index (χ0v) is 14.7. The van der Waals surface area contributed by atoms with Crippen molar-refractivity contribution in [3.63, 3.8) is 0 Å². The van der Waals surface area contributed by atoms with Crippen LogP contribution in [0.15, 0.2) is 36.6 Å². The fourth-order valence-corrected chi connectivity index (χ4v) is 4.66. The van der Waals surface area contributed by atoms with E-state index in [1.165, 1.54) is 51.4 Å². The van der Waals surface area contributed by atoms with Crippen molar-refractivity contribution in [1.29, 1.82) is 0 Å². The van der Waals surface area contributed by atoms with Crippen LogP contribution < -0.4 is 0 Å². The maximum Gasteiger partial charge on any atom is 0.0890 e. The Labute approximate surface area is 142 Å². The van der Waals surface area contributed by atoms with Crippen molar-refractivity contribution in [1.82, 2.24) is 0 Å². The van der Waals surface area contributed by atoms with E-state index in [9.17, 15) is 0 Å². The van der Waals surface area contributed by atoms with Gasteiger partial charge in [0.05, 0.1) is 12.4 Å². The van der Waals surface area contributed by atoms with Gasteiger partial charge in [0, 0.05) is 6.42 Å². The first-order chi connectivity index (χ1) is 11.3. The molecule has 126 valence electrons. The number of allylic oxidation sites excluding steroid dienone is 1. The normalized spacial score (nSPS) is 25.4. The Kier molecular flexibility index (Phi) is 5.80. The lowest BCUT2D eigenvalue weighted by molar-refractivity contribution is 0.194. The van der Waals surface area contributed by atoms with E-state index in [1.807, 2.05) is 6.92 Å². The predicted octanol–water partition coefficient (Wildman–Crippen LogP) is 6.56. The third kappa shape index (κ3) is 4.40. The van der Waals surface area contributed by atoms with E-state index < -0.39 is 0 Å². The van der Waals surface area contributed by atoms with Gasteiger partial charge in [0.15, 0.2) is 0 Å². The summed E-state index contributed by atoms with van der Waals surface area (Å²) in [5.41, 5.74) is 3.13. The van der Waals surface area contributed by atoms with Gasteiger partial charge < -0.3 is 4.74 Å². The zero-order valence-electron chi connectivity index (χ0n) is 14.7. The van der Waals surface area contributed by atoms with E-state index in [2.05, 4.69) is 30.8 Å². The van der Waals surface area contributed by atoms with Crippen LogP contribution in [0.25, 0.3) is 0 Å². The smallest absolute Gasteiger partial charge is 0.0890 e. The maximum absolute atomic E-state index is 5.56. The Bertz CT molecular complexity index is 495. The van der Waals surface area contributed by atoms with E-state index in [0.29, 0.717) is 0 Å². The van der Waals surface area contributed by atoms with E-state index in [1.54, 1.807) is 11.1 Å². The summed E-state index contributed by atoms with van der Waals surface area (Å²) in [4.78, 5) is 0. The molecule has 0 saturated heterocycles. The zero-order chi connectivity index (χ0) is 16.1.